The first-order valence-corrected chi connectivity index (χ1v) is 11.9. The fourth-order valence-corrected chi connectivity index (χ4v) is 3.93. The van der Waals surface area contributed by atoms with Crippen LogP contribution in [0, 0.1) is 17.1 Å². The molecule has 2 amide bonds. The van der Waals surface area contributed by atoms with Crippen molar-refractivity contribution < 1.29 is 31.6 Å². The van der Waals surface area contributed by atoms with E-state index in [0.717, 1.165) is 0 Å². The molecule has 12 heteroatoms. The second-order valence-electron chi connectivity index (χ2n) is 9.37. The molecule has 0 bridgehead atoms. The highest BCUT2D eigenvalue weighted by atomic mass is 19.4. The largest absolute Gasteiger partial charge is 0.437 e. The number of fused-ring (bicyclic) bond motifs is 1. The summed E-state index contributed by atoms with van der Waals surface area (Å²) < 4.78 is 58.8. The molecule has 3 N–H and O–H groups in total. The van der Waals surface area contributed by atoms with Crippen LogP contribution >= 0.6 is 0 Å². The lowest BCUT2D eigenvalue weighted by molar-refractivity contribution is -0.115. The molecular weight excluding hydrogens is 530 g/mol. The van der Waals surface area contributed by atoms with Crippen LogP contribution in [-0.2, 0) is 0 Å². The number of halogens is 4. The second-order valence-corrected chi connectivity index (χ2v) is 9.37. The van der Waals surface area contributed by atoms with Gasteiger partial charge in [-0.25, -0.2) is 4.39 Å². The summed E-state index contributed by atoms with van der Waals surface area (Å²) in [4.78, 5) is 30.0. The van der Waals surface area contributed by atoms with Gasteiger partial charge in [0.05, 0.1) is 17.0 Å². The van der Waals surface area contributed by atoms with Gasteiger partial charge in [-0.3, -0.25) is 9.59 Å². The van der Waals surface area contributed by atoms with Gasteiger partial charge in [-0.2, -0.15) is 23.4 Å². The molecule has 40 heavy (non-hydrogen) atoms. The molecule has 0 unspecified atom stereocenters. The Hall–Kier alpha value is -4.92. The minimum Gasteiger partial charge on any atom is -0.437 e. The highest BCUT2D eigenvalue weighted by Gasteiger charge is 2.29. The maximum absolute atomic E-state index is 13.5. The number of hydrogen-bond donors (Lipinski definition) is 3. The third-order valence-electron chi connectivity index (χ3n) is 5.84. The van der Waals surface area contributed by atoms with Crippen molar-refractivity contribution in [1.29, 1.82) is 5.26 Å². The standard InChI is InChI=1S/C28H23F4N5O3/c1-27(2,13-33)37-24(38)17-6-4-5-16(11-17)19-12-20-21(25(39)34-3)22(15-7-9-18(29)10-8-15)40-26(20)36-23(19)35-14-28(30,31)32/h4-12H,14H2,1-3H3,(H,34,39)(H,35,36)(H,37,38). The zero-order chi connectivity index (χ0) is 29.2. The van der Waals surface area contributed by atoms with Crippen molar-refractivity contribution in [3.63, 3.8) is 0 Å². The monoisotopic (exact) mass is 553 g/mol. The lowest BCUT2D eigenvalue weighted by atomic mass is 9.99. The van der Waals surface area contributed by atoms with Crippen molar-refractivity contribution in [2.24, 2.45) is 0 Å². The number of anilines is 1. The van der Waals surface area contributed by atoms with Gasteiger partial charge < -0.3 is 20.4 Å². The first kappa shape index (κ1) is 28.1. The number of benzene rings is 2. The fraction of sp³-hybridized carbons (Fsp3) is 0.214. The Morgan fingerprint density at radius 2 is 1.73 bits per heavy atom. The number of aromatic nitrogens is 1. The number of rotatable bonds is 7. The minimum atomic E-state index is -4.58. The van der Waals surface area contributed by atoms with Crippen LogP contribution in [0.25, 0.3) is 33.6 Å². The average Bonchev–Trinajstić information content (AvgIpc) is 3.29. The van der Waals surface area contributed by atoms with Gasteiger partial charge in [0, 0.05) is 23.7 Å². The minimum absolute atomic E-state index is 0.0462. The number of carbonyl (C=O) groups excluding carboxylic acids is 2. The van der Waals surface area contributed by atoms with E-state index in [-0.39, 0.29) is 39.4 Å². The highest BCUT2D eigenvalue weighted by molar-refractivity contribution is 6.11. The maximum atomic E-state index is 13.5. The third kappa shape index (κ3) is 6.04. The van der Waals surface area contributed by atoms with Crippen molar-refractivity contribution in [1.82, 2.24) is 15.6 Å². The fourth-order valence-electron chi connectivity index (χ4n) is 3.93. The van der Waals surface area contributed by atoms with Crippen LogP contribution in [0.2, 0.25) is 0 Å². The smallest absolute Gasteiger partial charge is 0.405 e. The molecule has 206 valence electrons. The van der Waals surface area contributed by atoms with Gasteiger partial charge in [0.1, 0.15) is 29.5 Å². The first-order valence-electron chi connectivity index (χ1n) is 11.9. The molecule has 0 atom stereocenters. The summed E-state index contributed by atoms with van der Waals surface area (Å²) in [5, 5.41) is 16.8. The molecule has 0 radical (unpaired) electrons. The average molecular weight is 554 g/mol. The zero-order valence-corrected chi connectivity index (χ0v) is 21.5. The number of carbonyl (C=O) groups is 2. The van der Waals surface area contributed by atoms with E-state index in [2.05, 4.69) is 20.9 Å². The van der Waals surface area contributed by atoms with Gasteiger partial charge in [0.15, 0.2) is 0 Å². The van der Waals surface area contributed by atoms with E-state index in [1.807, 2.05) is 6.07 Å². The predicted molar refractivity (Wildman–Crippen MR) is 140 cm³/mol. The van der Waals surface area contributed by atoms with Crippen LogP contribution < -0.4 is 16.0 Å². The van der Waals surface area contributed by atoms with Crippen molar-refractivity contribution in [3.8, 4) is 28.5 Å². The Morgan fingerprint density at radius 3 is 2.35 bits per heavy atom. The molecule has 0 fully saturated rings. The Labute approximate surface area is 226 Å². The van der Waals surface area contributed by atoms with Gasteiger partial charge in [-0.15, -0.1) is 0 Å². The second kappa shape index (κ2) is 10.7. The molecule has 2 aromatic heterocycles. The molecule has 0 aliphatic carbocycles. The number of nitrogens with zero attached hydrogens (tertiary/aromatic N) is 2. The van der Waals surface area contributed by atoms with Crippen molar-refractivity contribution in [2.75, 3.05) is 18.9 Å². The third-order valence-corrected chi connectivity index (χ3v) is 5.84. The molecule has 4 rings (SSSR count). The summed E-state index contributed by atoms with van der Waals surface area (Å²) >= 11 is 0. The number of nitrogens with one attached hydrogen (secondary N) is 3. The summed E-state index contributed by atoms with van der Waals surface area (Å²) in [7, 11) is 1.40. The number of nitriles is 1. The van der Waals surface area contributed by atoms with Gasteiger partial charge in [-0.1, -0.05) is 12.1 Å². The Kier molecular flexibility index (Phi) is 7.51. The van der Waals surface area contributed by atoms with Crippen LogP contribution in [0.4, 0.5) is 23.4 Å². The van der Waals surface area contributed by atoms with E-state index in [4.69, 9.17) is 4.42 Å². The van der Waals surface area contributed by atoms with Crippen LogP contribution in [-0.4, -0.2) is 42.1 Å². The molecule has 8 nitrogen and oxygen atoms in total. The Balaban J connectivity index is 1.92. The van der Waals surface area contributed by atoms with E-state index in [1.165, 1.54) is 69.4 Å². The summed E-state index contributed by atoms with van der Waals surface area (Å²) in [6.07, 6.45) is -4.58. The van der Waals surface area contributed by atoms with Gasteiger partial charge in [-0.05, 0) is 61.9 Å². The Morgan fingerprint density at radius 1 is 1.02 bits per heavy atom. The predicted octanol–water partition coefficient (Wildman–Crippen LogP) is 5.67. The van der Waals surface area contributed by atoms with E-state index >= 15 is 0 Å². The van der Waals surface area contributed by atoms with E-state index in [1.54, 1.807) is 6.07 Å². The Bertz CT molecular complexity index is 1640. The quantitative estimate of drug-likeness (QED) is 0.254. The molecule has 0 saturated heterocycles. The van der Waals surface area contributed by atoms with Crippen LogP contribution in [0.15, 0.2) is 59.0 Å². The number of hydrogen-bond acceptors (Lipinski definition) is 6. The molecule has 2 aromatic carbocycles. The van der Waals surface area contributed by atoms with Crippen molar-refractivity contribution >= 4 is 28.7 Å². The van der Waals surface area contributed by atoms with E-state index < -0.39 is 35.9 Å². The molecule has 2 heterocycles. The normalized spacial score (nSPS) is 11.7. The van der Waals surface area contributed by atoms with Gasteiger partial charge in [0.2, 0.25) is 5.71 Å². The highest BCUT2D eigenvalue weighted by Crippen LogP contribution is 2.38. The number of alkyl halides is 3. The molecule has 0 aliphatic rings. The van der Waals surface area contributed by atoms with Crippen LogP contribution in [0.5, 0.6) is 0 Å². The lowest BCUT2D eigenvalue weighted by Crippen LogP contribution is -2.42. The molecule has 0 saturated carbocycles. The van der Waals surface area contributed by atoms with E-state index in [9.17, 15) is 32.4 Å². The number of furan rings is 1. The summed E-state index contributed by atoms with van der Waals surface area (Å²) in [5.41, 5.74) is -0.281. The van der Waals surface area contributed by atoms with Crippen molar-refractivity contribution in [2.45, 2.75) is 25.6 Å². The number of pyridine rings is 1. The van der Waals surface area contributed by atoms with Crippen LogP contribution in [0.1, 0.15) is 34.6 Å². The summed E-state index contributed by atoms with van der Waals surface area (Å²) in [5.74, 6) is -1.80. The van der Waals surface area contributed by atoms with Crippen molar-refractivity contribution in [3.05, 3.63) is 71.5 Å². The SMILES string of the molecule is CNC(=O)c1c(-c2ccc(F)cc2)oc2nc(NCC(F)(F)F)c(-c3cccc(C(=O)NC(C)(C)C#N)c3)cc12. The zero-order valence-electron chi connectivity index (χ0n) is 21.5. The van der Waals surface area contributed by atoms with Gasteiger partial charge in [0.25, 0.3) is 11.8 Å². The van der Waals surface area contributed by atoms with Gasteiger partial charge >= 0.3 is 6.18 Å². The molecule has 4 aromatic rings. The first-order chi connectivity index (χ1) is 18.8. The summed E-state index contributed by atoms with van der Waals surface area (Å²) in [6, 6.07) is 14.6. The van der Waals surface area contributed by atoms with Crippen LogP contribution in [0.3, 0.4) is 0 Å². The molecular formula is C28H23F4N5O3. The molecule has 0 spiro atoms. The lowest BCUT2D eigenvalue weighted by Gasteiger charge is -2.18. The van der Waals surface area contributed by atoms with E-state index in [0.29, 0.717) is 11.1 Å². The topological polar surface area (TPSA) is 120 Å². The maximum Gasteiger partial charge on any atom is 0.405 e. The molecule has 0 aliphatic heterocycles. The number of amides is 2. The summed E-state index contributed by atoms with van der Waals surface area (Å²) in [6.45, 7) is 1.62.